The summed E-state index contributed by atoms with van der Waals surface area (Å²) in [7, 11) is 0. The third-order valence-corrected chi connectivity index (χ3v) is 6.54. The van der Waals surface area contributed by atoms with Crippen LogP contribution in [-0.4, -0.2) is 11.9 Å². The Labute approximate surface area is 167 Å². The number of benzene rings is 2. The lowest BCUT2D eigenvalue weighted by molar-refractivity contribution is -0.159. The molecule has 0 aromatic heterocycles. The monoisotopic (exact) mass is 431 g/mol. The van der Waals surface area contributed by atoms with E-state index >= 15 is 0 Å². The minimum absolute atomic E-state index is 0.212. The minimum Gasteiger partial charge on any atom is -0.219 e. The van der Waals surface area contributed by atoms with E-state index in [1.165, 1.54) is 0 Å². The van der Waals surface area contributed by atoms with Gasteiger partial charge in [-0.2, -0.15) is 13.2 Å². The van der Waals surface area contributed by atoms with Gasteiger partial charge in [-0.1, -0.05) is 47.5 Å². The highest BCUT2D eigenvalue weighted by Crippen LogP contribution is 2.57. The van der Waals surface area contributed by atoms with Gasteiger partial charge in [-0.3, -0.25) is 0 Å². The van der Waals surface area contributed by atoms with E-state index in [2.05, 4.69) is 4.40 Å². The average molecular weight is 432 g/mol. The lowest BCUT2D eigenvalue weighted by atomic mass is 9.89. The Morgan fingerprint density at radius 1 is 1.07 bits per heavy atom. The molecule has 140 valence electrons. The van der Waals surface area contributed by atoms with Gasteiger partial charge in [0.2, 0.25) is 0 Å². The van der Waals surface area contributed by atoms with Crippen molar-refractivity contribution in [1.29, 1.82) is 0 Å². The van der Waals surface area contributed by atoms with Crippen molar-refractivity contribution in [1.82, 2.24) is 0 Å². The van der Waals surface area contributed by atoms with Crippen LogP contribution in [0.1, 0.15) is 28.7 Å². The molecule has 0 saturated heterocycles. The Bertz CT molecular complexity index is 977. The molecule has 8 heteroatoms. The SMILES string of the molecule is Fc1c(Cl)cc(C2(C(F)(F)F)CC(c3ccc4c(c3)C=CC4)=NS2)cc1Cl. The maximum Gasteiger partial charge on any atom is 0.409 e. The van der Waals surface area contributed by atoms with Gasteiger partial charge in [0.05, 0.1) is 15.8 Å². The summed E-state index contributed by atoms with van der Waals surface area (Å²) < 4.78 is 57.7. The number of allylic oxidation sites excluding steroid dienone is 1. The van der Waals surface area contributed by atoms with Gasteiger partial charge in [-0.15, -0.1) is 0 Å². The summed E-state index contributed by atoms with van der Waals surface area (Å²) in [5.74, 6) is -0.936. The second-order valence-electron chi connectivity index (χ2n) is 6.40. The molecule has 0 fully saturated rings. The number of nitrogens with zero attached hydrogens (tertiary/aromatic N) is 1. The van der Waals surface area contributed by atoms with Crippen LogP contribution in [0.3, 0.4) is 0 Å². The third-order valence-electron chi connectivity index (χ3n) is 4.75. The molecule has 2 aromatic rings. The number of alkyl halides is 3. The Morgan fingerprint density at radius 3 is 2.44 bits per heavy atom. The van der Waals surface area contributed by atoms with Crippen molar-refractivity contribution in [3.8, 4) is 0 Å². The third kappa shape index (κ3) is 3.08. The Morgan fingerprint density at radius 2 is 1.78 bits per heavy atom. The highest BCUT2D eigenvalue weighted by Gasteiger charge is 2.60. The molecule has 1 atom stereocenters. The van der Waals surface area contributed by atoms with Crippen LogP contribution in [0.2, 0.25) is 10.0 Å². The molecule has 0 amide bonds. The van der Waals surface area contributed by atoms with Crippen LogP contribution < -0.4 is 0 Å². The molecule has 2 aromatic carbocycles. The highest BCUT2D eigenvalue weighted by atomic mass is 35.5. The maximum atomic E-state index is 14.1. The molecule has 1 unspecified atom stereocenters. The van der Waals surface area contributed by atoms with Crippen LogP contribution in [-0.2, 0) is 11.2 Å². The molecule has 0 radical (unpaired) electrons. The van der Waals surface area contributed by atoms with Crippen LogP contribution in [0, 0.1) is 5.82 Å². The molecular formula is C19H11Cl2F4NS. The molecule has 1 aliphatic carbocycles. The Kier molecular flexibility index (Phi) is 4.56. The molecule has 1 heterocycles. The summed E-state index contributed by atoms with van der Waals surface area (Å²) in [6.45, 7) is 0. The zero-order valence-corrected chi connectivity index (χ0v) is 15.9. The molecule has 1 nitrogen and oxygen atoms in total. The predicted octanol–water partition coefficient (Wildman–Crippen LogP) is 7.00. The quantitative estimate of drug-likeness (QED) is 0.283. The van der Waals surface area contributed by atoms with Gasteiger partial charge in [0, 0.05) is 6.42 Å². The van der Waals surface area contributed by atoms with Crippen molar-refractivity contribution in [2.75, 3.05) is 0 Å². The zero-order valence-electron chi connectivity index (χ0n) is 13.6. The van der Waals surface area contributed by atoms with Crippen molar-refractivity contribution in [3.05, 3.63) is 74.5 Å². The van der Waals surface area contributed by atoms with Gasteiger partial charge < -0.3 is 0 Å². The lowest BCUT2D eigenvalue weighted by Gasteiger charge is -2.30. The second-order valence-corrected chi connectivity index (χ2v) is 8.28. The summed E-state index contributed by atoms with van der Waals surface area (Å²) in [5.41, 5.74) is 2.87. The Balaban J connectivity index is 1.75. The summed E-state index contributed by atoms with van der Waals surface area (Å²) in [4.78, 5) is 0. The number of rotatable bonds is 2. The van der Waals surface area contributed by atoms with Crippen LogP contribution in [0.25, 0.3) is 6.08 Å². The van der Waals surface area contributed by atoms with Crippen molar-refractivity contribution in [2.24, 2.45) is 4.40 Å². The first-order valence-corrected chi connectivity index (χ1v) is 9.51. The van der Waals surface area contributed by atoms with Gasteiger partial charge in [-0.05, 0) is 58.8 Å². The topological polar surface area (TPSA) is 12.4 Å². The summed E-state index contributed by atoms with van der Waals surface area (Å²) in [5, 5.41) is -0.893. The normalized spacial score (nSPS) is 21.5. The van der Waals surface area contributed by atoms with Crippen LogP contribution in [0.15, 0.2) is 40.8 Å². The van der Waals surface area contributed by atoms with Crippen molar-refractivity contribution in [2.45, 2.75) is 23.8 Å². The van der Waals surface area contributed by atoms with Gasteiger partial charge >= 0.3 is 6.18 Å². The Hall–Kier alpha value is -1.50. The van der Waals surface area contributed by atoms with Crippen LogP contribution in [0.5, 0.6) is 0 Å². The fourth-order valence-corrected chi connectivity index (χ4v) is 4.73. The number of hydrogen-bond donors (Lipinski definition) is 0. The van der Waals surface area contributed by atoms with Crippen molar-refractivity contribution < 1.29 is 17.6 Å². The molecule has 0 bridgehead atoms. The molecule has 1 aliphatic heterocycles. The molecule has 2 aliphatic rings. The van der Waals surface area contributed by atoms with Gasteiger partial charge in [0.15, 0.2) is 10.6 Å². The number of hydrogen-bond acceptors (Lipinski definition) is 2. The molecule has 0 spiro atoms. The van der Waals surface area contributed by atoms with E-state index in [1.54, 1.807) is 6.07 Å². The highest BCUT2D eigenvalue weighted by molar-refractivity contribution is 7.99. The van der Waals surface area contributed by atoms with E-state index in [0.717, 1.165) is 29.7 Å². The molecule has 0 N–H and O–H groups in total. The second kappa shape index (κ2) is 6.54. The predicted molar refractivity (Wildman–Crippen MR) is 102 cm³/mol. The largest absolute Gasteiger partial charge is 0.409 e. The number of fused-ring (bicyclic) bond motifs is 1. The number of halogens is 6. The van der Waals surface area contributed by atoms with Gasteiger partial charge in [0.25, 0.3) is 0 Å². The first kappa shape index (κ1) is 18.8. The molecule has 27 heavy (non-hydrogen) atoms. The maximum absolute atomic E-state index is 14.1. The van der Waals surface area contributed by atoms with Crippen molar-refractivity contribution in [3.63, 3.8) is 0 Å². The first-order valence-electron chi connectivity index (χ1n) is 7.98. The average Bonchev–Trinajstić information content (AvgIpc) is 3.25. The summed E-state index contributed by atoms with van der Waals surface area (Å²) in [6, 6.07) is 7.48. The van der Waals surface area contributed by atoms with E-state index in [4.69, 9.17) is 23.2 Å². The smallest absolute Gasteiger partial charge is 0.219 e. The fourth-order valence-electron chi connectivity index (χ4n) is 3.28. The van der Waals surface area contributed by atoms with Crippen LogP contribution in [0.4, 0.5) is 17.6 Å². The van der Waals surface area contributed by atoms with E-state index < -0.39 is 26.8 Å². The molecular weight excluding hydrogens is 421 g/mol. The van der Waals surface area contributed by atoms with E-state index in [9.17, 15) is 17.6 Å². The van der Waals surface area contributed by atoms with Gasteiger partial charge in [0.1, 0.15) is 0 Å². The summed E-state index contributed by atoms with van der Waals surface area (Å²) >= 11 is 11.9. The van der Waals surface area contributed by atoms with Gasteiger partial charge in [-0.25, -0.2) is 8.79 Å². The van der Waals surface area contributed by atoms with E-state index in [1.807, 2.05) is 24.3 Å². The molecule has 4 rings (SSSR count). The van der Waals surface area contributed by atoms with Crippen LogP contribution >= 0.6 is 35.1 Å². The summed E-state index contributed by atoms with van der Waals surface area (Å²) in [6.07, 6.45) is -0.262. The van der Waals surface area contributed by atoms with E-state index in [-0.39, 0.29) is 12.0 Å². The van der Waals surface area contributed by atoms with Crippen molar-refractivity contribution >= 4 is 46.9 Å². The molecule has 0 saturated carbocycles. The minimum atomic E-state index is -4.63. The first-order chi connectivity index (χ1) is 12.7. The van der Waals surface area contributed by atoms with E-state index in [0.29, 0.717) is 23.2 Å². The fraction of sp³-hybridized carbons (Fsp3) is 0.211. The lowest BCUT2D eigenvalue weighted by Crippen LogP contribution is -2.38. The standard InChI is InChI=1S/C19H11Cl2F4NS/c20-14-7-13(8-15(21)17(14)22)18(19(23,24)25)9-16(26-27-18)12-5-4-10-2-1-3-11(10)6-12/h1,3-8H,2,9H2. The zero-order chi connectivity index (χ0) is 19.4.